The third-order valence-corrected chi connectivity index (χ3v) is 9.60. The topological polar surface area (TPSA) is 125 Å². The van der Waals surface area contributed by atoms with E-state index in [2.05, 4.69) is 33.2 Å². The molecule has 1 N–H and O–H groups in total. The summed E-state index contributed by atoms with van der Waals surface area (Å²) in [5, 5.41) is 2.09. The molecule has 0 radical (unpaired) electrons. The van der Waals surface area contributed by atoms with Gasteiger partial charge in [0.05, 0.1) is 42.3 Å². The van der Waals surface area contributed by atoms with Gasteiger partial charge < -0.3 is 19.2 Å². The molecule has 0 aliphatic heterocycles. The fourth-order valence-corrected chi connectivity index (χ4v) is 6.53. The standard InChI is InChI=1S/C24H26N2O4.C19H18N2O2/c1-24(2,3)30-23(28)26-10-9-17-11-15(5-8-21(17)26)12-20-19(22(27)29-4)13-18(14-25-20)16-6-7-16;1-23-19(22)16-10-15(13-3-4-13)11-21-18(16)9-12-2-5-17-14(8-12)6-7-20-17/h5,8-11,13-14,16H,6-7,12H2,1-4H3;2,5-8,10-11,13,20H,3-4,9H2,1H3. The van der Waals surface area contributed by atoms with Crippen molar-refractivity contribution in [1.82, 2.24) is 19.5 Å². The minimum Gasteiger partial charge on any atom is -0.465 e. The summed E-state index contributed by atoms with van der Waals surface area (Å²) in [5.41, 5.74) is 8.29. The van der Waals surface area contributed by atoms with E-state index in [1.165, 1.54) is 31.6 Å². The van der Waals surface area contributed by atoms with Gasteiger partial charge in [-0.25, -0.2) is 14.4 Å². The van der Waals surface area contributed by atoms with Crippen LogP contribution in [0.3, 0.4) is 0 Å². The predicted molar refractivity (Wildman–Crippen MR) is 203 cm³/mol. The molecule has 0 spiro atoms. The first-order valence-corrected chi connectivity index (χ1v) is 18.0. The highest BCUT2D eigenvalue weighted by atomic mass is 16.6. The first kappa shape index (κ1) is 35.6. The quantitative estimate of drug-likeness (QED) is 0.123. The molecule has 10 heteroatoms. The Morgan fingerprint density at radius 3 is 1.81 bits per heavy atom. The van der Waals surface area contributed by atoms with Crippen LogP contribution in [0.15, 0.2) is 85.5 Å². The van der Waals surface area contributed by atoms with E-state index in [0.29, 0.717) is 41.5 Å². The molecule has 2 saturated carbocycles. The molecule has 0 amide bonds. The molecular formula is C43H44N4O6. The molecule has 8 rings (SSSR count). The van der Waals surface area contributed by atoms with Crippen LogP contribution in [0.1, 0.15) is 113 Å². The molecule has 0 saturated heterocycles. The first-order chi connectivity index (χ1) is 25.5. The number of aromatic amines is 1. The predicted octanol–water partition coefficient (Wildman–Crippen LogP) is 8.89. The zero-order valence-electron chi connectivity index (χ0n) is 30.8. The lowest BCUT2D eigenvalue weighted by Gasteiger charge is -2.19. The van der Waals surface area contributed by atoms with Gasteiger partial charge in [-0.3, -0.25) is 14.5 Å². The van der Waals surface area contributed by atoms with Crippen molar-refractivity contribution >= 4 is 39.8 Å². The maximum Gasteiger partial charge on any atom is 0.418 e. The molecule has 272 valence electrons. The Labute approximate surface area is 308 Å². The number of nitrogens with zero attached hydrogens (tertiary/aromatic N) is 3. The van der Waals surface area contributed by atoms with Gasteiger partial charge >= 0.3 is 18.0 Å². The number of carbonyl (C=O) groups is 3. The number of fused-ring (bicyclic) bond motifs is 2. The Kier molecular flexibility index (Phi) is 9.88. The van der Waals surface area contributed by atoms with E-state index in [1.807, 2.05) is 81.8 Å². The molecule has 0 bridgehead atoms. The van der Waals surface area contributed by atoms with Crippen LogP contribution in [-0.2, 0) is 27.1 Å². The molecule has 2 fully saturated rings. The highest BCUT2D eigenvalue weighted by molar-refractivity contribution is 5.92. The van der Waals surface area contributed by atoms with Gasteiger partial charge in [0.2, 0.25) is 0 Å². The SMILES string of the molecule is COC(=O)c1cc(C2CC2)cnc1Cc1ccc2[nH]ccc2c1.COC(=O)c1cc(C2CC2)cnc1Cc1ccc2c(ccn2C(=O)OC(C)(C)C)c1. The van der Waals surface area contributed by atoms with E-state index in [9.17, 15) is 14.4 Å². The van der Waals surface area contributed by atoms with Gasteiger partial charge in [0, 0.05) is 48.5 Å². The number of H-pyrrole nitrogens is 1. The Morgan fingerprint density at radius 2 is 1.28 bits per heavy atom. The van der Waals surface area contributed by atoms with Crippen LogP contribution in [0.4, 0.5) is 4.79 Å². The highest BCUT2D eigenvalue weighted by Gasteiger charge is 2.27. The van der Waals surface area contributed by atoms with Crippen molar-refractivity contribution in [3.8, 4) is 0 Å². The maximum atomic E-state index is 12.4. The second-order valence-corrected chi connectivity index (χ2v) is 14.9. The molecule has 0 unspecified atom stereocenters. The Hall–Kier alpha value is -5.77. The number of esters is 2. The van der Waals surface area contributed by atoms with E-state index < -0.39 is 11.7 Å². The number of pyridine rings is 2. The Balaban J connectivity index is 0.000000170. The van der Waals surface area contributed by atoms with Crippen molar-refractivity contribution in [3.63, 3.8) is 0 Å². The number of hydrogen-bond acceptors (Lipinski definition) is 8. The van der Waals surface area contributed by atoms with Crippen LogP contribution in [0.25, 0.3) is 21.8 Å². The van der Waals surface area contributed by atoms with E-state index >= 15 is 0 Å². The lowest BCUT2D eigenvalue weighted by Crippen LogP contribution is -2.26. The number of aromatic nitrogens is 4. The number of ether oxygens (including phenoxy) is 3. The van der Waals surface area contributed by atoms with Gasteiger partial charge in [-0.15, -0.1) is 0 Å². The molecule has 10 nitrogen and oxygen atoms in total. The van der Waals surface area contributed by atoms with Crippen LogP contribution in [0.5, 0.6) is 0 Å². The van der Waals surface area contributed by atoms with Crippen molar-refractivity contribution in [1.29, 1.82) is 0 Å². The fourth-order valence-electron chi connectivity index (χ4n) is 6.53. The summed E-state index contributed by atoms with van der Waals surface area (Å²) in [6.45, 7) is 5.53. The molecule has 0 atom stereocenters. The van der Waals surface area contributed by atoms with Crippen molar-refractivity contribution in [2.24, 2.45) is 0 Å². The van der Waals surface area contributed by atoms with Gasteiger partial charge in [-0.2, -0.15) is 0 Å². The summed E-state index contributed by atoms with van der Waals surface area (Å²) in [6.07, 6.45) is 12.8. The van der Waals surface area contributed by atoms with Crippen molar-refractivity contribution in [2.45, 2.75) is 76.7 Å². The number of methoxy groups -OCH3 is 2. The van der Waals surface area contributed by atoms with Gasteiger partial charge in [0.1, 0.15) is 5.60 Å². The molecule has 53 heavy (non-hydrogen) atoms. The molecular weight excluding hydrogens is 668 g/mol. The van der Waals surface area contributed by atoms with Crippen LogP contribution in [0.2, 0.25) is 0 Å². The van der Waals surface area contributed by atoms with Crippen LogP contribution in [-0.4, -0.2) is 57.4 Å². The average Bonchev–Trinajstić information content (AvgIpc) is 4.08. The van der Waals surface area contributed by atoms with Crippen molar-refractivity contribution in [2.75, 3.05) is 14.2 Å². The first-order valence-electron chi connectivity index (χ1n) is 18.0. The summed E-state index contributed by atoms with van der Waals surface area (Å²) in [6, 6.07) is 19.9. The Morgan fingerprint density at radius 1 is 0.736 bits per heavy atom. The molecule has 4 heterocycles. The van der Waals surface area contributed by atoms with E-state index in [1.54, 1.807) is 6.20 Å². The Bertz CT molecular complexity index is 2320. The van der Waals surface area contributed by atoms with Gasteiger partial charge in [-0.1, -0.05) is 12.1 Å². The minimum absolute atomic E-state index is 0.308. The maximum absolute atomic E-state index is 12.4. The van der Waals surface area contributed by atoms with Crippen molar-refractivity contribution < 1.29 is 28.6 Å². The smallest absolute Gasteiger partial charge is 0.418 e. The zero-order chi connectivity index (χ0) is 37.3. The summed E-state index contributed by atoms with van der Waals surface area (Å²) in [4.78, 5) is 49.2. The molecule has 6 aromatic rings. The second-order valence-electron chi connectivity index (χ2n) is 14.9. The number of benzene rings is 2. The summed E-state index contributed by atoms with van der Waals surface area (Å²) < 4.78 is 16.9. The third kappa shape index (κ3) is 8.32. The van der Waals surface area contributed by atoms with Crippen molar-refractivity contribution in [3.05, 3.63) is 130 Å². The average molecular weight is 713 g/mol. The van der Waals surface area contributed by atoms with E-state index in [4.69, 9.17) is 14.2 Å². The monoisotopic (exact) mass is 712 g/mol. The number of nitrogens with one attached hydrogen (secondary N) is 1. The third-order valence-electron chi connectivity index (χ3n) is 9.60. The molecule has 2 aromatic carbocycles. The summed E-state index contributed by atoms with van der Waals surface area (Å²) in [7, 11) is 2.81. The normalized spacial score (nSPS) is 14.1. The van der Waals surface area contributed by atoms with Crippen LogP contribution in [0, 0.1) is 0 Å². The summed E-state index contributed by atoms with van der Waals surface area (Å²) in [5.74, 6) is 0.407. The number of carbonyl (C=O) groups excluding carboxylic acids is 3. The van der Waals surface area contributed by atoms with Gasteiger partial charge in [0.25, 0.3) is 0 Å². The number of hydrogen-bond donors (Lipinski definition) is 1. The number of rotatable bonds is 8. The zero-order valence-corrected chi connectivity index (χ0v) is 30.8. The van der Waals surface area contributed by atoms with Crippen LogP contribution >= 0.6 is 0 Å². The lowest BCUT2D eigenvalue weighted by atomic mass is 10.0. The van der Waals surface area contributed by atoms with Crippen LogP contribution < -0.4 is 0 Å². The van der Waals surface area contributed by atoms with Gasteiger partial charge in [0.15, 0.2) is 0 Å². The van der Waals surface area contributed by atoms with E-state index in [0.717, 1.165) is 62.6 Å². The van der Waals surface area contributed by atoms with Gasteiger partial charge in [-0.05, 0) is 134 Å². The minimum atomic E-state index is -0.559. The highest BCUT2D eigenvalue weighted by Crippen LogP contribution is 2.41. The second kappa shape index (κ2) is 14.7. The molecule has 4 aromatic heterocycles. The molecule has 2 aliphatic carbocycles. The fraction of sp³-hybridized carbons (Fsp3) is 0.326. The molecule has 2 aliphatic rings. The van der Waals surface area contributed by atoms with E-state index in [-0.39, 0.29) is 11.9 Å². The summed E-state index contributed by atoms with van der Waals surface area (Å²) >= 11 is 0. The largest absolute Gasteiger partial charge is 0.465 e. The lowest BCUT2D eigenvalue weighted by molar-refractivity contribution is 0.0541.